The first-order chi connectivity index (χ1) is 9.70. The Bertz CT molecular complexity index is 543. The summed E-state index contributed by atoms with van der Waals surface area (Å²) in [5, 5.41) is 4.75. The molecule has 0 bridgehead atoms. The summed E-state index contributed by atoms with van der Waals surface area (Å²) in [5.74, 6) is 0. The standard InChI is InChI=1S/C16H18Cl2N2/c1-2-7-20-16(10-12-5-8-19-9-6-12)13-3-4-14(17)15(18)11-13/h3-6,8-9,11,16,20H,2,7,10H2,1H3. The lowest BCUT2D eigenvalue weighted by molar-refractivity contribution is 0.529. The molecule has 1 aromatic heterocycles. The molecule has 0 aliphatic carbocycles. The average molecular weight is 309 g/mol. The molecule has 0 aliphatic heterocycles. The Labute approximate surface area is 130 Å². The first kappa shape index (κ1) is 15.3. The van der Waals surface area contributed by atoms with E-state index in [2.05, 4.69) is 17.2 Å². The van der Waals surface area contributed by atoms with Crippen molar-refractivity contribution in [2.45, 2.75) is 25.8 Å². The predicted molar refractivity (Wildman–Crippen MR) is 85.4 cm³/mol. The van der Waals surface area contributed by atoms with Gasteiger partial charge in [0.15, 0.2) is 0 Å². The molecule has 0 amide bonds. The topological polar surface area (TPSA) is 24.9 Å². The van der Waals surface area contributed by atoms with E-state index in [1.54, 1.807) is 0 Å². The van der Waals surface area contributed by atoms with Gasteiger partial charge in [0.05, 0.1) is 10.0 Å². The Hall–Kier alpha value is -1.09. The third-order valence-corrected chi connectivity index (χ3v) is 3.91. The zero-order valence-electron chi connectivity index (χ0n) is 11.4. The minimum atomic E-state index is 0.229. The number of aromatic nitrogens is 1. The number of hydrogen-bond donors (Lipinski definition) is 1. The Morgan fingerprint density at radius 1 is 1.10 bits per heavy atom. The van der Waals surface area contributed by atoms with Crippen LogP contribution in [0.4, 0.5) is 0 Å². The number of nitrogens with zero attached hydrogens (tertiary/aromatic N) is 1. The first-order valence-electron chi connectivity index (χ1n) is 6.78. The quantitative estimate of drug-likeness (QED) is 0.838. The van der Waals surface area contributed by atoms with Crippen LogP contribution in [0, 0.1) is 0 Å². The molecule has 1 aromatic carbocycles. The third kappa shape index (κ3) is 4.20. The molecule has 1 heterocycles. The lowest BCUT2D eigenvalue weighted by Crippen LogP contribution is -2.24. The molecule has 1 atom stereocenters. The molecule has 0 fully saturated rings. The van der Waals surface area contributed by atoms with E-state index in [4.69, 9.17) is 23.2 Å². The van der Waals surface area contributed by atoms with Crippen LogP contribution in [0.25, 0.3) is 0 Å². The van der Waals surface area contributed by atoms with Gasteiger partial charge in [0, 0.05) is 18.4 Å². The fraction of sp³-hybridized carbons (Fsp3) is 0.312. The van der Waals surface area contributed by atoms with Crippen LogP contribution in [-0.4, -0.2) is 11.5 Å². The lowest BCUT2D eigenvalue weighted by Gasteiger charge is -2.19. The molecule has 20 heavy (non-hydrogen) atoms. The summed E-state index contributed by atoms with van der Waals surface area (Å²) in [5.41, 5.74) is 2.41. The van der Waals surface area contributed by atoms with E-state index in [0.29, 0.717) is 10.0 Å². The molecule has 2 aromatic rings. The summed E-state index contributed by atoms with van der Waals surface area (Å²) in [7, 11) is 0. The van der Waals surface area contributed by atoms with Crippen LogP contribution in [0.15, 0.2) is 42.7 Å². The van der Waals surface area contributed by atoms with E-state index in [-0.39, 0.29) is 6.04 Å². The molecule has 0 radical (unpaired) electrons. The van der Waals surface area contributed by atoms with Gasteiger partial charge in [-0.05, 0) is 54.8 Å². The van der Waals surface area contributed by atoms with Crippen molar-refractivity contribution in [3.8, 4) is 0 Å². The molecule has 4 heteroatoms. The molecular weight excluding hydrogens is 291 g/mol. The van der Waals surface area contributed by atoms with Crippen LogP contribution < -0.4 is 5.32 Å². The molecule has 0 saturated carbocycles. The van der Waals surface area contributed by atoms with E-state index in [9.17, 15) is 0 Å². The van der Waals surface area contributed by atoms with Crippen LogP contribution in [0.1, 0.15) is 30.5 Å². The van der Waals surface area contributed by atoms with Gasteiger partial charge in [-0.3, -0.25) is 4.98 Å². The van der Waals surface area contributed by atoms with Crippen molar-refractivity contribution in [2.75, 3.05) is 6.54 Å². The molecule has 1 N–H and O–H groups in total. The van der Waals surface area contributed by atoms with E-state index in [1.165, 1.54) is 5.56 Å². The lowest BCUT2D eigenvalue weighted by atomic mass is 9.99. The molecule has 2 rings (SSSR count). The summed E-state index contributed by atoms with van der Waals surface area (Å²) in [6, 6.07) is 10.1. The fourth-order valence-corrected chi connectivity index (χ4v) is 2.42. The molecule has 1 unspecified atom stereocenters. The summed E-state index contributed by atoms with van der Waals surface area (Å²) < 4.78 is 0. The fourth-order valence-electron chi connectivity index (χ4n) is 2.11. The maximum absolute atomic E-state index is 6.13. The molecule has 2 nitrogen and oxygen atoms in total. The number of rotatable bonds is 6. The highest BCUT2D eigenvalue weighted by Gasteiger charge is 2.13. The van der Waals surface area contributed by atoms with Gasteiger partial charge < -0.3 is 5.32 Å². The van der Waals surface area contributed by atoms with Gasteiger partial charge in [-0.25, -0.2) is 0 Å². The number of benzene rings is 1. The van der Waals surface area contributed by atoms with Crippen molar-refractivity contribution in [3.63, 3.8) is 0 Å². The van der Waals surface area contributed by atoms with Crippen LogP contribution in [0.2, 0.25) is 10.0 Å². The van der Waals surface area contributed by atoms with Gasteiger partial charge in [0.1, 0.15) is 0 Å². The normalized spacial score (nSPS) is 12.3. The minimum absolute atomic E-state index is 0.229. The minimum Gasteiger partial charge on any atom is -0.310 e. The van der Waals surface area contributed by atoms with Crippen molar-refractivity contribution in [3.05, 3.63) is 63.9 Å². The highest BCUT2D eigenvalue weighted by molar-refractivity contribution is 6.42. The SMILES string of the molecule is CCCNC(Cc1ccncc1)c1ccc(Cl)c(Cl)c1. The average Bonchev–Trinajstić information content (AvgIpc) is 2.47. The van der Waals surface area contributed by atoms with E-state index >= 15 is 0 Å². The van der Waals surface area contributed by atoms with Crippen LogP contribution in [0.3, 0.4) is 0 Å². The highest BCUT2D eigenvalue weighted by Crippen LogP contribution is 2.27. The molecule has 0 saturated heterocycles. The van der Waals surface area contributed by atoms with Crippen LogP contribution in [0.5, 0.6) is 0 Å². The summed E-state index contributed by atoms with van der Waals surface area (Å²) in [4.78, 5) is 4.05. The van der Waals surface area contributed by atoms with Gasteiger partial charge in [0.2, 0.25) is 0 Å². The summed E-state index contributed by atoms with van der Waals surface area (Å²) in [6.45, 7) is 3.13. The van der Waals surface area contributed by atoms with Gasteiger partial charge in [-0.1, -0.05) is 36.2 Å². The highest BCUT2D eigenvalue weighted by atomic mass is 35.5. The van der Waals surface area contributed by atoms with Crippen LogP contribution >= 0.6 is 23.2 Å². The molecule has 0 spiro atoms. The monoisotopic (exact) mass is 308 g/mol. The zero-order chi connectivity index (χ0) is 14.4. The second-order valence-electron chi connectivity index (χ2n) is 4.74. The summed E-state index contributed by atoms with van der Waals surface area (Å²) in [6.07, 6.45) is 5.64. The zero-order valence-corrected chi connectivity index (χ0v) is 13.0. The molecule has 0 aliphatic rings. The number of nitrogens with one attached hydrogen (secondary N) is 1. The largest absolute Gasteiger partial charge is 0.310 e. The van der Waals surface area contributed by atoms with Crippen molar-refractivity contribution in [1.82, 2.24) is 10.3 Å². The Balaban J connectivity index is 2.20. The number of halogens is 2. The maximum Gasteiger partial charge on any atom is 0.0595 e. The van der Waals surface area contributed by atoms with Crippen LogP contribution in [-0.2, 0) is 6.42 Å². The second kappa shape index (κ2) is 7.63. The molecule has 106 valence electrons. The Morgan fingerprint density at radius 3 is 2.50 bits per heavy atom. The van der Waals surface area contributed by atoms with Crippen molar-refractivity contribution < 1.29 is 0 Å². The van der Waals surface area contributed by atoms with Gasteiger partial charge in [-0.2, -0.15) is 0 Å². The number of hydrogen-bond acceptors (Lipinski definition) is 2. The number of pyridine rings is 1. The Morgan fingerprint density at radius 2 is 1.85 bits per heavy atom. The first-order valence-corrected chi connectivity index (χ1v) is 7.53. The van der Waals surface area contributed by atoms with Crippen molar-refractivity contribution in [1.29, 1.82) is 0 Å². The van der Waals surface area contributed by atoms with Gasteiger partial charge in [-0.15, -0.1) is 0 Å². The Kier molecular flexibility index (Phi) is 5.84. The van der Waals surface area contributed by atoms with E-state index in [0.717, 1.165) is 24.9 Å². The van der Waals surface area contributed by atoms with E-state index in [1.807, 2.05) is 42.7 Å². The second-order valence-corrected chi connectivity index (χ2v) is 5.55. The predicted octanol–water partition coefficient (Wildman–Crippen LogP) is 4.67. The third-order valence-electron chi connectivity index (χ3n) is 3.18. The van der Waals surface area contributed by atoms with Crippen molar-refractivity contribution >= 4 is 23.2 Å². The van der Waals surface area contributed by atoms with Crippen molar-refractivity contribution in [2.24, 2.45) is 0 Å². The van der Waals surface area contributed by atoms with Gasteiger partial charge in [0.25, 0.3) is 0 Å². The van der Waals surface area contributed by atoms with E-state index < -0.39 is 0 Å². The molecular formula is C16H18Cl2N2. The summed E-state index contributed by atoms with van der Waals surface area (Å²) >= 11 is 12.1. The van der Waals surface area contributed by atoms with Gasteiger partial charge >= 0.3 is 0 Å². The maximum atomic E-state index is 6.13. The smallest absolute Gasteiger partial charge is 0.0595 e.